The molecule has 0 spiro atoms. The van der Waals surface area contributed by atoms with E-state index >= 15 is 0 Å². The van der Waals surface area contributed by atoms with Crippen molar-refractivity contribution in [2.24, 2.45) is 0 Å². The summed E-state index contributed by atoms with van der Waals surface area (Å²) in [5.41, 5.74) is 0.673. The topological polar surface area (TPSA) is 65.5 Å². The van der Waals surface area contributed by atoms with Crippen LogP contribution in [0.25, 0.3) is 0 Å². The lowest BCUT2D eigenvalue weighted by atomic mass is 10.1. The number of esters is 2. The van der Waals surface area contributed by atoms with Crippen molar-refractivity contribution in [1.29, 1.82) is 0 Å². The van der Waals surface area contributed by atoms with E-state index in [1.54, 1.807) is 12.1 Å². The molecule has 1 aromatic heterocycles. The molecule has 0 N–H and O–H groups in total. The highest BCUT2D eigenvalue weighted by atomic mass is 16.7. The first kappa shape index (κ1) is 9.64. The maximum atomic E-state index is 11.4. The van der Waals surface area contributed by atoms with Crippen LogP contribution in [-0.2, 0) is 20.1 Å². The lowest BCUT2D eigenvalue weighted by Gasteiger charge is -2.21. The molecule has 1 aliphatic rings. The van der Waals surface area contributed by atoms with E-state index in [9.17, 15) is 9.59 Å². The Kier molecular flexibility index (Phi) is 1.96. The number of carbonyl (C=O) groups excluding carboxylic acids is 2. The zero-order chi connectivity index (χ0) is 11.1. The second kappa shape index (κ2) is 3.05. The number of cyclic esters (lactones) is 1. The van der Waals surface area contributed by atoms with Gasteiger partial charge in [0.1, 0.15) is 5.69 Å². The van der Waals surface area contributed by atoms with Crippen molar-refractivity contribution < 1.29 is 19.1 Å². The Labute approximate surface area is 86.0 Å². The lowest BCUT2D eigenvalue weighted by Crippen LogP contribution is -2.28. The number of hydrogen-bond donors (Lipinski definition) is 0. The van der Waals surface area contributed by atoms with E-state index in [1.807, 2.05) is 0 Å². The SMILES string of the molecule is CC(=O)O[C@]1(C)OC(=O)c2cccnc21. The van der Waals surface area contributed by atoms with Gasteiger partial charge in [0.25, 0.3) is 5.79 Å². The summed E-state index contributed by atoms with van der Waals surface area (Å²) in [7, 11) is 0. The maximum Gasteiger partial charge on any atom is 0.343 e. The summed E-state index contributed by atoms with van der Waals surface area (Å²) in [6.07, 6.45) is 1.52. The molecule has 0 aliphatic carbocycles. The summed E-state index contributed by atoms with van der Waals surface area (Å²) >= 11 is 0. The summed E-state index contributed by atoms with van der Waals surface area (Å²) in [5, 5.41) is 0. The Morgan fingerprint density at radius 1 is 1.60 bits per heavy atom. The minimum Gasteiger partial charge on any atom is -0.417 e. The largest absolute Gasteiger partial charge is 0.417 e. The van der Waals surface area contributed by atoms with Gasteiger partial charge in [0.15, 0.2) is 0 Å². The molecule has 2 rings (SSSR count). The van der Waals surface area contributed by atoms with Gasteiger partial charge >= 0.3 is 11.9 Å². The fourth-order valence-corrected chi connectivity index (χ4v) is 1.56. The van der Waals surface area contributed by atoms with Gasteiger partial charge in [-0.2, -0.15) is 0 Å². The maximum absolute atomic E-state index is 11.4. The van der Waals surface area contributed by atoms with E-state index in [0.717, 1.165) is 0 Å². The van der Waals surface area contributed by atoms with Crippen LogP contribution in [0.15, 0.2) is 18.3 Å². The number of rotatable bonds is 1. The molecule has 0 radical (unpaired) electrons. The van der Waals surface area contributed by atoms with Gasteiger partial charge in [0.2, 0.25) is 0 Å². The average molecular weight is 207 g/mol. The van der Waals surface area contributed by atoms with Crippen LogP contribution in [-0.4, -0.2) is 16.9 Å². The van der Waals surface area contributed by atoms with Gasteiger partial charge in [-0.15, -0.1) is 0 Å². The highest BCUT2D eigenvalue weighted by molar-refractivity contribution is 5.94. The number of ether oxygens (including phenoxy) is 2. The number of aromatic nitrogens is 1. The van der Waals surface area contributed by atoms with Gasteiger partial charge in [-0.05, 0) is 12.1 Å². The van der Waals surface area contributed by atoms with Crippen molar-refractivity contribution in [3.63, 3.8) is 0 Å². The molecule has 0 amide bonds. The molecule has 5 nitrogen and oxygen atoms in total. The number of hydrogen-bond acceptors (Lipinski definition) is 5. The molecule has 78 valence electrons. The average Bonchev–Trinajstić information content (AvgIpc) is 2.39. The number of pyridine rings is 1. The fraction of sp³-hybridized carbons (Fsp3) is 0.300. The summed E-state index contributed by atoms with van der Waals surface area (Å²) in [4.78, 5) is 26.3. The molecule has 0 aromatic carbocycles. The Morgan fingerprint density at radius 3 is 3.00 bits per heavy atom. The molecule has 0 saturated heterocycles. The van der Waals surface area contributed by atoms with Crippen LogP contribution in [0.3, 0.4) is 0 Å². The molecule has 0 saturated carbocycles. The molecule has 1 aliphatic heterocycles. The minimum absolute atomic E-state index is 0.334. The van der Waals surface area contributed by atoms with Crippen LogP contribution in [0.2, 0.25) is 0 Å². The normalized spacial score (nSPS) is 23.2. The third-order valence-corrected chi connectivity index (χ3v) is 2.08. The first-order valence-electron chi connectivity index (χ1n) is 4.41. The molecular formula is C10H9NO4. The molecule has 0 bridgehead atoms. The highest BCUT2D eigenvalue weighted by Gasteiger charge is 2.46. The highest BCUT2D eigenvalue weighted by Crippen LogP contribution is 2.35. The van der Waals surface area contributed by atoms with Crippen molar-refractivity contribution in [3.05, 3.63) is 29.6 Å². The zero-order valence-corrected chi connectivity index (χ0v) is 8.31. The Morgan fingerprint density at radius 2 is 2.33 bits per heavy atom. The van der Waals surface area contributed by atoms with Gasteiger partial charge in [-0.3, -0.25) is 9.78 Å². The number of carbonyl (C=O) groups is 2. The van der Waals surface area contributed by atoms with Crippen molar-refractivity contribution in [2.75, 3.05) is 0 Å². The molecule has 0 unspecified atom stereocenters. The third-order valence-electron chi connectivity index (χ3n) is 2.08. The Bertz CT molecular complexity index is 439. The molecule has 1 aromatic rings. The number of nitrogens with zero attached hydrogens (tertiary/aromatic N) is 1. The van der Waals surface area contributed by atoms with Gasteiger partial charge in [-0.1, -0.05) is 0 Å². The van der Waals surface area contributed by atoms with Crippen molar-refractivity contribution in [3.8, 4) is 0 Å². The van der Waals surface area contributed by atoms with Crippen molar-refractivity contribution in [2.45, 2.75) is 19.6 Å². The van der Waals surface area contributed by atoms with Crippen molar-refractivity contribution in [1.82, 2.24) is 4.98 Å². The minimum atomic E-state index is -1.39. The van der Waals surface area contributed by atoms with Gasteiger partial charge in [-0.25, -0.2) is 4.79 Å². The van der Waals surface area contributed by atoms with Gasteiger partial charge in [0.05, 0.1) is 5.56 Å². The first-order valence-corrected chi connectivity index (χ1v) is 4.41. The predicted molar refractivity (Wildman–Crippen MR) is 48.8 cm³/mol. The molecule has 5 heteroatoms. The quantitative estimate of drug-likeness (QED) is 0.642. The third kappa shape index (κ3) is 1.45. The van der Waals surface area contributed by atoms with Crippen LogP contribution in [0, 0.1) is 0 Å². The van der Waals surface area contributed by atoms with Crippen LogP contribution < -0.4 is 0 Å². The van der Waals surface area contributed by atoms with Crippen LogP contribution >= 0.6 is 0 Å². The van der Waals surface area contributed by atoms with E-state index in [2.05, 4.69) is 4.98 Å². The second-order valence-corrected chi connectivity index (χ2v) is 3.33. The number of fused-ring (bicyclic) bond motifs is 1. The molecule has 1 atom stereocenters. The standard InChI is InChI=1S/C10H9NO4/c1-6(12)14-10(2)8-7(9(13)15-10)4-3-5-11-8/h3-5H,1-2H3/t10-/m1/s1. The summed E-state index contributed by atoms with van der Waals surface area (Å²) in [6, 6.07) is 3.21. The Hall–Kier alpha value is -1.91. The van der Waals surface area contributed by atoms with Gasteiger partial charge < -0.3 is 9.47 Å². The molecule has 15 heavy (non-hydrogen) atoms. The van der Waals surface area contributed by atoms with E-state index in [-0.39, 0.29) is 0 Å². The predicted octanol–water partition coefficient (Wildman–Crippen LogP) is 0.988. The van der Waals surface area contributed by atoms with Gasteiger partial charge in [0, 0.05) is 20.0 Å². The van der Waals surface area contributed by atoms with Crippen molar-refractivity contribution >= 4 is 11.9 Å². The summed E-state index contributed by atoms with van der Waals surface area (Å²) in [5.74, 6) is -2.44. The van der Waals surface area contributed by atoms with E-state index in [1.165, 1.54) is 20.0 Å². The van der Waals surface area contributed by atoms with Crippen LogP contribution in [0.1, 0.15) is 29.9 Å². The summed E-state index contributed by atoms with van der Waals surface area (Å²) in [6.45, 7) is 2.74. The van der Waals surface area contributed by atoms with Crippen LogP contribution in [0.4, 0.5) is 0 Å². The van der Waals surface area contributed by atoms with E-state index < -0.39 is 17.7 Å². The second-order valence-electron chi connectivity index (χ2n) is 3.33. The first-order chi connectivity index (χ1) is 7.03. The molecular weight excluding hydrogens is 198 g/mol. The lowest BCUT2D eigenvalue weighted by molar-refractivity contribution is -0.201. The van der Waals surface area contributed by atoms with Crippen LogP contribution in [0.5, 0.6) is 0 Å². The molecule has 2 heterocycles. The summed E-state index contributed by atoms with van der Waals surface area (Å²) < 4.78 is 9.94. The zero-order valence-electron chi connectivity index (χ0n) is 8.31. The van der Waals surface area contributed by atoms with E-state index in [0.29, 0.717) is 11.3 Å². The molecule has 0 fully saturated rings. The van der Waals surface area contributed by atoms with E-state index in [4.69, 9.17) is 9.47 Å². The Balaban J connectivity index is 2.47. The fourth-order valence-electron chi connectivity index (χ4n) is 1.56. The smallest absolute Gasteiger partial charge is 0.343 e. The monoisotopic (exact) mass is 207 g/mol.